The molecular weight excluding hydrogens is 459 g/mol. The summed E-state index contributed by atoms with van der Waals surface area (Å²) in [6.07, 6.45) is 1.54. The van der Waals surface area contributed by atoms with Gasteiger partial charge in [-0.25, -0.2) is 9.07 Å². The first-order chi connectivity index (χ1) is 16.1. The summed E-state index contributed by atoms with van der Waals surface area (Å²) in [6.45, 7) is 0. The quantitative estimate of drug-likeness (QED) is 0.349. The highest BCUT2D eigenvalue weighted by molar-refractivity contribution is 7.98. The largest absolute Gasteiger partial charge is 0.480 e. The first-order valence-electron chi connectivity index (χ1n) is 10.4. The zero-order valence-electron chi connectivity index (χ0n) is 17.5. The second-order valence-electron chi connectivity index (χ2n) is 7.82. The van der Waals surface area contributed by atoms with Gasteiger partial charge in [-0.3, -0.25) is 0 Å². The van der Waals surface area contributed by atoms with Gasteiger partial charge in [0.15, 0.2) is 0 Å². The first-order valence-corrected chi connectivity index (χ1v) is 12.0. The van der Waals surface area contributed by atoms with E-state index in [9.17, 15) is 4.39 Å². The van der Waals surface area contributed by atoms with Crippen molar-refractivity contribution in [2.45, 2.75) is 17.3 Å². The minimum atomic E-state index is -0.398. The summed E-state index contributed by atoms with van der Waals surface area (Å²) in [5, 5.41) is 9.56. The Hall–Kier alpha value is -3.29. The maximum absolute atomic E-state index is 13.8. The summed E-state index contributed by atoms with van der Waals surface area (Å²) in [7, 11) is 0. The Bertz CT molecular complexity index is 1380. The molecule has 2 aliphatic rings. The van der Waals surface area contributed by atoms with Gasteiger partial charge in [-0.05, 0) is 53.8 Å². The minimum absolute atomic E-state index is 0.287. The molecule has 2 atom stereocenters. The number of ether oxygens (including phenoxy) is 1. The molecule has 0 saturated heterocycles. The van der Waals surface area contributed by atoms with Crippen molar-refractivity contribution in [1.29, 1.82) is 0 Å². The number of hydrogen-bond donors (Lipinski definition) is 1. The second-order valence-corrected chi connectivity index (χ2v) is 9.03. The fourth-order valence-electron chi connectivity index (χ4n) is 4.42. The minimum Gasteiger partial charge on any atom is -0.480 e. The normalized spacial score (nSPS) is 18.6. The van der Waals surface area contributed by atoms with Gasteiger partial charge in [0.25, 0.3) is 0 Å². The highest BCUT2D eigenvalue weighted by Crippen LogP contribution is 2.50. The van der Waals surface area contributed by atoms with Crippen LogP contribution in [-0.2, 0) is 0 Å². The van der Waals surface area contributed by atoms with Gasteiger partial charge in [0.05, 0.1) is 5.70 Å². The second kappa shape index (κ2) is 7.93. The van der Waals surface area contributed by atoms with E-state index >= 15 is 0 Å². The van der Waals surface area contributed by atoms with Crippen molar-refractivity contribution in [3.8, 4) is 5.75 Å². The number of aromatic nitrogens is 3. The van der Waals surface area contributed by atoms with E-state index in [-0.39, 0.29) is 11.9 Å². The Labute approximate surface area is 199 Å². The van der Waals surface area contributed by atoms with Crippen LogP contribution in [-0.4, -0.2) is 21.0 Å². The molecule has 8 heteroatoms. The molecular formula is C25H18ClFN4OS. The summed E-state index contributed by atoms with van der Waals surface area (Å²) < 4.78 is 22.2. The SMILES string of the molecule is CSc1nc2n(n1)[C@H](c1ccc(F)cc1)C1=C(N2)c2ccccc2O[C@@H]1c1ccc(Cl)cc1. The standard InChI is InChI=1S/C25H18ClFN4OS/c1-33-25-29-24-28-21-18-4-2-3-5-19(18)32-23(15-6-10-16(26)11-7-15)20(21)22(31(24)30-25)14-8-12-17(27)13-9-14/h2-13,22-23H,1H3,(H,28,29,30)/t22-,23-/m1/s1. The summed E-state index contributed by atoms with van der Waals surface area (Å²) in [6, 6.07) is 21.8. The summed E-state index contributed by atoms with van der Waals surface area (Å²) in [5.74, 6) is 1.13. The third-order valence-electron chi connectivity index (χ3n) is 5.90. The zero-order chi connectivity index (χ0) is 22.5. The average molecular weight is 477 g/mol. The molecule has 33 heavy (non-hydrogen) atoms. The summed E-state index contributed by atoms with van der Waals surface area (Å²) in [4.78, 5) is 4.67. The van der Waals surface area contributed by atoms with E-state index < -0.39 is 6.10 Å². The Balaban J connectivity index is 1.62. The van der Waals surface area contributed by atoms with Crippen LogP contribution in [0, 0.1) is 5.82 Å². The van der Waals surface area contributed by atoms with Gasteiger partial charge in [-0.15, -0.1) is 5.10 Å². The molecule has 2 aliphatic heterocycles. The number of nitrogens with one attached hydrogen (secondary N) is 1. The van der Waals surface area contributed by atoms with Crippen molar-refractivity contribution in [1.82, 2.24) is 14.8 Å². The van der Waals surface area contributed by atoms with E-state index in [0.29, 0.717) is 16.1 Å². The number of nitrogens with zero attached hydrogens (tertiary/aromatic N) is 3. The van der Waals surface area contributed by atoms with E-state index in [1.165, 1.54) is 23.9 Å². The maximum Gasteiger partial charge on any atom is 0.227 e. The lowest BCUT2D eigenvalue weighted by Crippen LogP contribution is -2.32. The molecule has 164 valence electrons. The van der Waals surface area contributed by atoms with Crippen LogP contribution in [0.15, 0.2) is 83.5 Å². The van der Waals surface area contributed by atoms with E-state index in [4.69, 9.17) is 21.4 Å². The smallest absolute Gasteiger partial charge is 0.227 e. The molecule has 1 N–H and O–H groups in total. The molecule has 3 heterocycles. The molecule has 0 aliphatic carbocycles. The number of halogens is 2. The lowest BCUT2D eigenvalue weighted by molar-refractivity contribution is 0.223. The molecule has 0 spiro atoms. The van der Waals surface area contributed by atoms with Gasteiger partial charge in [-0.1, -0.05) is 59.8 Å². The number of rotatable bonds is 3. The number of fused-ring (bicyclic) bond motifs is 3. The molecule has 0 bridgehead atoms. The van der Waals surface area contributed by atoms with E-state index in [1.54, 1.807) is 12.1 Å². The van der Waals surface area contributed by atoms with Gasteiger partial charge in [-0.2, -0.15) is 4.98 Å². The van der Waals surface area contributed by atoms with Gasteiger partial charge < -0.3 is 10.1 Å². The van der Waals surface area contributed by atoms with Crippen molar-refractivity contribution in [2.24, 2.45) is 0 Å². The molecule has 4 aromatic rings. The fraction of sp³-hybridized carbons (Fsp3) is 0.120. The fourth-order valence-corrected chi connectivity index (χ4v) is 4.90. The zero-order valence-corrected chi connectivity index (χ0v) is 19.1. The number of anilines is 1. The van der Waals surface area contributed by atoms with Crippen molar-refractivity contribution in [2.75, 3.05) is 11.6 Å². The van der Waals surface area contributed by atoms with E-state index in [2.05, 4.69) is 10.3 Å². The third-order valence-corrected chi connectivity index (χ3v) is 6.69. The predicted molar refractivity (Wildman–Crippen MR) is 128 cm³/mol. The van der Waals surface area contributed by atoms with Crippen LogP contribution < -0.4 is 10.1 Å². The van der Waals surface area contributed by atoms with Gasteiger partial charge >= 0.3 is 0 Å². The molecule has 5 nitrogen and oxygen atoms in total. The topological polar surface area (TPSA) is 52.0 Å². The van der Waals surface area contributed by atoms with Crippen molar-refractivity contribution >= 4 is 35.0 Å². The molecule has 0 unspecified atom stereocenters. The Kier molecular flexibility index (Phi) is 4.89. The molecule has 1 aromatic heterocycles. The van der Waals surface area contributed by atoms with Gasteiger partial charge in [0.1, 0.15) is 23.7 Å². The number of hydrogen-bond acceptors (Lipinski definition) is 5. The van der Waals surface area contributed by atoms with Crippen LogP contribution in [0.2, 0.25) is 5.02 Å². The summed E-state index contributed by atoms with van der Waals surface area (Å²) in [5.41, 5.74) is 4.71. The predicted octanol–water partition coefficient (Wildman–Crippen LogP) is 6.35. The van der Waals surface area contributed by atoms with Crippen LogP contribution in [0.5, 0.6) is 5.75 Å². The Morgan fingerprint density at radius 2 is 1.73 bits per heavy atom. The molecule has 0 amide bonds. The number of benzene rings is 3. The van der Waals surface area contributed by atoms with Crippen molar-refractivity contribution in [3.63, 3.8) is 0 Å². The van der Waals surface area contributed by atoms with Gasteiger partial charge in [0, 0.05) is 16.2 Å². The third kappa shape index (κ3) is 3.39. The molecule has 0 saturated carbocycles. The van der Waals surface area contributed by atoms with Crippen LogP contribution in [0.1, 0.15) is 28.8 Å². The van der Waals surface area contributed by atoms with E-state index in [0.717, 1.165) is 33.7 Å². The highest BCUT2D eigenvalue weighted by atomic mass is 35.5. The van der Waals surface area contributed by atoms with Crippen LogP contribution in [0.3, 0.4) is 0 Å². The molecule has 3 aromatic carbocycles. The average Bonchev–Trinajstić information content (AvgIpc) is 3.26. The van der Waals surface area contributed by atoms with Crippen molar-refractivity contribution in [3.05, 3.63) is 106 Å². The van der Waals surface area contributed by atoms with Crippen LogP contribution in [0.4, 0.5) is 10.3 Å². The Morgan fingerprint density at radius 3 is 2.48 bits per heavy atom. The number of para-hydroxylation sites is 1. The van der Waals surface area contributed by atoms with Crippen LogP contribution >= 0.6 is 23.4 Å². The maximum atomic E-state index is 13.8. The van der Waals surface area contributed by atoms with Crippen molar-refractivity contribution < 1.29 is 9.13 Å². The highest BCUT2D eigenvalue weighted by Gasteiger charge is 2.41. The van der Waals surface area contributed by atoms with E-state index in [1.807, 2.05) is 59.5 Å². The molecule has 0 fully saturated rings. The van der Waals surface area contributed by atoms with Gasteiger partial charge in [0.2, 0.25) is 11.1 Å². The summed E-state index contributed by atoms with van der Waals surface area (Å²) >= 11 is 7.64. The number of thioether (sulfide) groups is 1. The molecule has 0 radical (unpaired) electrons. The first kappa shape index (κ1) is 20.3. The lowest BCUT2D eigenvalue weighted by atomic mass is 9.84. The lowest BCUT2D eigenvalue weighted by Gasteiger charge is -2.38. The molecule has 6 rings (SSSR count). The van der Waals surface area contributed by atoms with Crippen LogP contribution in [0.25, 0.3) is 5.70 Å². The monoisotopic (exact) mass is 476 g/mol. The Morgan fingerprint density at radius 1 is 1.00 bits per heavy atom.